The Balaban J connectivity index is 2.78. The van der Waals surface area contributed by atoms with Crippen LogP contribution in [0, 0.1) is 13.8 Å². The third kappa shape index (κ3) is 7.03. The number of aliphatic hydroxyl groups excluding tert-OH is 2. The van der Waals surface area contributed by atoms with Crippen molar-refractivity contribution in [3.05, 3.63) is 71.2 Å². The average Bonchev–Trinajstić information content (AvgIpc) is 2.79. The van der Waals surface area contributed by atoms with Crippen molar-refractivity contribution < 1.29 is 29.2 Å². The van der Waals surface area contributed by atoms with Gasteiger partial charge in [-0.2, -0.15) is 0 Å². The fourth-order valence-corrected chi connectivity index (χ4v) is 3.71. The topological polar surface area (TPSA) is 77.4 Å². The number of benzene rings is 2. The van der Waals surface area contributed by atoms with Gasteiger partial charge in [-0.05, 0) is 52.7 Å². The Morgan fingerprint density at radius 1 is 0.714 bits per heavy atom. The first-order valence-corrected chi connectivity index (χ1v) is 12.0. The Kier molecular flexibility index (Phi) is 10.2. The number of aliphatic hydroxyl groups is 2. The van der Waals surface area contributed by atoms with Crippen LogP contribution in [-0.2, 0) is 5.41 Å². The minimum Gasteiger partial charge on any atom is -0.487 e. The van der Waals surface area contributed by atoms with E-state index in [4.69, 9.17) is 18.9 Å². The van der Waals surface area contributed by atoms with Gasteiger partial charge in [0.15, 0.2) is 23.0 Å². The van der Waals surface area contributed by atoms with Gasteiger partial charge in [-0.1, -0.05) is 50.3 Å². The maximum Gasteiger partial charge on any atom is 0.171 e. The molecule has 0 fully saturated rings. The molecule has 2 aromatic carbocycles. The van der Waals surface area contributed by atoms with Gasteiger partial charge in [-0.25, -0.2) is 0 Å². The van der Waals surface area contributed by atoms with Crippen LogP contribution < -0.4 is 18.9 Å². The minimum atomic E-state index is -0.647. The molecule has 0 aliphatic rings. The Bertz CT molecular complexity index is 952. The van der Waals surface area contributed by atoms with Gasteiger partial charge >= 0.3 is 0 Å². The average molecular weight is 485 g/mol. The van der Waals surface area contributed by atoms with Crippen LogP contribution in [0.25, 0.3) is 0 Å². The molecule has 0 saturated heterocycles. The standard InChI is InChI=1S/C29H40O6/c1-9-15-32-25-19(3)11-13-23(27(25)34-17-21(5)30)29(7,8)24-14-12-20(4)26(33-16-10-2)28(24)35-18-22(6)31/h9-16,21-22,30-31H,17-18H2,1-8H3. The fraction of sp³-hybridized carbons (Fsp3) is 0.448. The number of hydrogen-bond donors (Lipinski definition) is 2. The molecule has 192 valence electrons. The Morgan fingerprint density at radius 3 is 1.40 bits per heavy atom. The number of allylic oxidation sites excluding steroid dienone is 2. The molecule has 0 heterocycles. The zero-order chi connectivity index (χ0) is 26.2. The molecule has 0 bridgehead atoms. The predicted molar refractivity (Wildman–Crippen MR) is 140 cm³/mol. The summed E-state index contributed by atoms with van der Waals surface area (Å²) in [6.45, 7) is 15.4. The van der Waals surface area contributed by atoms with E-state index in [0.717, 1.165) is 22.3 Å². The molecule has 0 aliphatic carbocycles. The molecule has 0 spiro atoms. The molecule has 0 amide bonds. The lowest BCUT2D eigenvalue weighted by molar-refractivity contribution is 0.118. The van der Waals surface area contributed by atoms with E-state index in [1.807, 2.05) is 64.1 Å². The summed E-state index contributed by atoms with van der Waals surface area (Å²) in [4.78, 5) is 0. The second-order valence-electron chi connectivity index (χ2n) is 9.30. The summed E-state index contributed by atoms with van der Waals surface area (Å²) >= 11 is 0. The van der Waals surface area contributed by atoms with E-state index < -0.39 is 17.6 Å². The summed E-state index contributed by atoms with van der Waals surface area (Å²) in [6.07, 6.45) is 5.55. The zero-order valence-corrected chi connectivity index (χ0v) is 22.2. The second kappa shape index (κ2) is 12.7. The molecule has 6 heteroatoms. The smallest absolute Gasteiger partial charge is 0.171 e. The van der Waals surface area contributed by atoms with Crippen molar-refractivity contribution in [2.75, 3.05) is 13.2 Å². The predicted octanol–water partition coefficient (Wildman–Crippen LogP) is 5.97. The Labute approximate surface area is 209 Å². The molecule has 0 saturated carbocycles. The monoisotopic (exact) mass is 484 g/mol. The lowest BCUT2D eigenvalue weighted by Crippen LogP contribution is -2.24. The van der Waals surface area contributed by atoms with Gasteiger partial charge < -0.3 is 29.2 Å². The highest BCUT2D eigenvalue weighted by molar-refractivity contribution is 5.62. The van der Waals surface area contributed by atoms with Crippen molar-refractivity contribution >= 4 is 0 Å². The molecule has 0 aliphatic heterocycles. The quantitative estimate of drug-likeness (QED) is 0.361. The molecule has 6 nitrogen and oxygen atoms in total. The molecular formula is C29H40O6. The van der Waals surface area contributed by atoms with Crippen LogP contribution in [0.1, 0.15) is 63.8 Å². The third-order valence-corrected chi connectivity index (χ3v) is 5.55. The number of aryl methyl sites for hydroxylation is 2. The van der Waals surface area contributed by atoms with Crippen molar-refractivity contribution in [1.29, 1.82) is 0 Å². The summed E-state index contributed by atoms with van der Waals surface area (Å²) in [5.41, 5.74) is 2.94. The number of ether oxygens (including phenoxy) is 4. The second-order valence-corrected chi connectivity index (χ2v) is 9.30. The van der Waals surface area contributed by atoms with E-state index in [2.05, 4.69) is 13.8 Å². The summed E-state index contributed by atoms with van der Waals surface area (Å²) in [7, 11) is 0. The Hall–Kier alpha value is -2.96. The first-order valence-electron chi connectivity index (χ1n) is 12.0. The summed E-state index contributed by atoms with van der Waals surface area (Å²) in [5.74, 6) is 2.32. The first-order chi connectivity index (χ1) is 16.5. The van der Waals surface area contributed by atoms with E-state index in [0.29, 0.717) is 23.0 Å². The molecule has 35 heavy (non-hydrogen) atoms. The van der Waals surface area contributed by atoms with Gasteiger partial charge in [0.2, 0.25) is 0 Å². The van der Waals surface area contributed by atoms with Crippen LogP contribution in [0.2, 0.25) is 0 Å². The van der Waals surface area contributed by atoms with Crippen molar-refractivity contribution in [2.24, 2.45) is 0 Å². The van der Waals surface area contributed by atoms with Gasteiger partial charge in [-0.15, -0.1) is 0 Å². The van der Waals surface area contributed by atoms with Crippen molar-refractivity contribution in [1.82, 2.24) is 0 Å². The molecule has 2 unspecified atom stereocenters. The largest absolute Gasteiger partial charge is 0.487 e. The van der Waals surface area contributed by atoms with Gasteiger partial charge in [0.05, 0.1) is 24.7 Å². The van der Waals surface area contributed by atoms with Gasteiger partial charge in [-0.3, -0.25) is 0 Å². The molecule has 0 aromatic heterocycles. The molecule has 2 N–H and O–H groups in total. The zero-order valence-electron chi connectivity index (χ0n) is 22.2. The SMILES string of the molecule is CC=COc1c(C)ccc(C(C)(C)c2ccc(C)c(OC=CC)c2OCC(C)O)c1OCC(C)O. The Morgan fingerprint density at radius 2 is 1.09 bits per heavy atom. The van der Waals surface area contributed by atoms with Gasteiger partial charge in [0.1, 0.15) is 13.2 Å². The first kappa shape index (κ1) is 28.3. The van der Waals surface area contributed by atoms with Gasteiger partial charge in [0, 0.05) is 16.5 Å². The summed E-state index contributed by atoms with van der Waals surface area (Å²) in [5, 5.41) is 19.9. The van der Waals surface area contributed by atoms with E-state index in [-0.39, 0.29) is 13.2 Å². The highest BCUT2D eigenvalue weighted by Crippen LogP contribution is 2.49. The molecule has 2 aromatic rings. The van der Waals surface area contributed by atoms with Crippen LogP contribution >= 0.6 is 0 Å². The van der Waals surface area contributed by atoms with Crippen molar-refractivity contribution in [3.8, 4) is 23.0 Å². The van der Waals surface area contributed by atoms with Crippen LogP contribution in [0.4, 0.5) is 0 Å². The number of rotatable bonds is 12. The number of hydrogen-bond acceptors (Lipinski definition) is 6. The van der Waals surface area contributed by atoms with Gasteiger partial charge in [0.25, 0.3) is 0 Å². The summed E-state index contributed by atoms with van der Waals surface area (Å²) < 4.78 is 24.2. The van der Waals surface area contributed by atoms with Crippen molar-refractivity contribution in [3.63, 3.8) is 0 Å². The van der Waals surface area contributed by atoms with Crippen LogP contribution in [0.15, 0.2) is 48.9 Å². The van der Waals surface area contributed by atoms with E-state index in [1.54, 1.807) is 26.4 Å². The van der Waals surface area contributed by atoms with E-state index >= 15 is 0 Å². The van der Waals surface area contributed by atoms with Crippen LogP contribution in [-0.4, -0.2) is 35.6 Å². The fourth-order valence-electron chi connectivity index (χ4n) is 3.71. The maximum atomic E-state index is 9.93. The highest BCUT2D eigenvalue weighted by Gasteiger charge is 2.34. The lowest BCUT2D eigenvalue weighted by Gasteiger charge is -2.32. The van der Waals surface area contributed by atoms with E-state index in [9.17, 15) is 10.2 Å². The van der Waals surface area contributed by atoms with Crippen LogP contribution in [0.5, 0.6) is 23.0 Å². The van der Waals surface area contributed by atoms with Crippen LogP contribution in [0.3, 0.4) is 0 Å². The van der Waals surface area contributed by atoms with E-state index in [1.165, 1.54) is 0 Å². The maximum absolute atomic E-state index is 9.93. The normalized spacial score (nSPS) is 13.8. The minimum absolute atomic E-state index is 0.119. The third-order valence-electron chi connectivity index (χ3n) is 5.55. The molecule has 0 radical (unpaired) electrons. The van der Waals surface area contributed by atoms with Crippen molar-refractivity contribution in [2.45, 2.75) is 73.0 Å². The highest BCUT2D eigenvalue weighted by atomic mass is 16.5. The molecule has 2 atom stereocenters. The molecular weight excluding hydrogens is 444 g/mol. The lowest BCUT2D eigenvalue weighted by atomic mass is 9.76. The summed E-state index contributed by atoms with van der Waals surface area (Å²) in [6, 6.07) is 8.01. The molecule has 2 rings (SSSR count).